The minimum absolute atomic E-state index is 0.225. The largest absolute Gasteiger partial charge is 0.458 e. The van der Waals surface area contributed by atoms with Gasteiger partial charge in [-0.1, -0.05) is 31.5 Å². The molecule has 1 fully saturated rings. The van der Waals surface area contributed by atoms with Crippen LogP contribution in [0.25, 0.3) is 0 Å². The molecule has 1 aliphatic heterocycles. The molecule has 2 unspecified atom stereocenters. The van der Waals surface area contributed by atoms with Gasteiger partial charge in [0.05, 0.1) is 13.7 Å². The zero-order chi connectivity index (χ0) is 17.2. The molecule has 130 valence electrons. The molecule has 0 spiro atoms. The fourth-order valence-corrected chi connectivity index (χ4v) is 3.01. The van der Waals surface area contributed by atoms with Gasteiger partial charge in [0.15, 0.2) is 5.82 Å². The lowest BCUT2D eigenvalue weighted by Crippen LogP contribution is -2.42. The van der Waals surface area contributed by atoms with Gasteiger partial charge in [-0.05, 0) is 36.6 Å². The summed E-state index contributed by atoms with van der Waals surface area (Å²) in [7, 11) is 1.74. The molecule has 7 heteroatoms. The van der Waals surface area contributed by atoms with Gasteiger partial charge in [-0.3, -0.25) is 0 Å². The van der Waals surface area contributed by atoms with Crippen LogP contribution < -0.4 is 4.74 Å². The minimum atomic E-state index is -0.935. The van der Waals surface area contributed by atoms with Crippen molar-refractivity contribution in [3.8, 4) is 5.75 Å². The molecule has 2 heterocycles. The predicted molar refractivity (Wildman–Crippen MR) is 87.4 cm³/mol. The number of nitrogens with zero attached hydrogens (tertiary/aromatic N) is 4. The van der Waals surface area contributed by atoms with Gasteiger partial charge in [0.1, 0.15) is 11.7 Å². The first-order valence-corrected chi connectivity index (χ1v) is 8.35. The number of hydrogen-bond acceptors (Lipinski definition) is 6. The average molecular weight is 332 g/mol. The molecule has 0 N–H and O–H groups in total. The van der Waals surface area contributed by atoms with Crippen LogP contribution in [0.15, 0.2) is 18.2 Å². The Labute approximate surface area is 141 Å². The van der Waals surface area contributed by atoms with Crippen molar-refractivity contribution < 1.29 is 14.5 Å². The summed E-state index contributed by atoms with van der Waals surface area (Å²) < 4.78 is 6.44. The first kappa shape index (κ1) is 16.9. The molecule has 3 rings (SSSR count). The molecule has 0 amide bonds. The van der Waals surface area contributed by atoms with E-state index in [4.69, 9.17) is 14.5 Å². The van der Waals surface area contributed by atoms with E-state index in [1.54, 1.807) is 7.05 Å². The molecule has 0 saturated carbocycles. The van der Waals surface area contributed by atoms with E-state index in [1.807, 2.05) is 32.0 Å². The Morgan fingerprint density at radius 3 is 2.71 bits per heavy atom. The molecular weight excluding hydrogens is 308 g/mol. The van der Waals surface area contributed by atoms with Crippen LogP contribution in [0.2, 0.25) is 0 Å². The molecule has 24 heavy (non-hydrogen) atoms. The van der Waals surface area contributed by atoms with Gasteiger partial charge < -0.3 is 4.74 Å². The third-order valence-electron chi connectivity index (χ3n) is 4.36. The Kier molecular flexibility index (Phi) is 4.82. The van der Waals surface area contributed by atoms with Crippen LogP contribution in [0.3, 0.4) is 0 Å². The summed E-state index contributed by atoms with van der Waals surface area (Å²) in [6.45, 7) is 6.54. The van der Waals surface area contributed by atoms with Crippen LogP contribution in [0.1, 0.15) is 49.1 Å². The third-order valence-corrected chi connectivity index (χ3v) is 4.36. The summed E-state index contributed by atoms with van der Waals surface area (Å²) >= 11 is 0. The van der Waals surface area contributed by atoms with Crippen molar-refractivity contribution >= 4 is 0 Å². The highest BCUT2D eigenvalue weighted by Crippen LogP contribution is 2.42. The zero-order valence-electron chi connectivity index (χ0n) is 14.7. The molecule has 0 aliphatic carbocycles. The second kappa shape index (κ2) is 6.86. The summed E-state index contributed by atoms with van der Waals surface area (Å²) in [6.07, 6.45) is 2.67. The van der Waals surface area contributed by atoms with Gasteiger partial charge in [0.25, 0.3) is 5.79 Å². The molecule has 1 aliphatic rings. The highest BCUT2D eigenvalue weighted by atomic mass is 17.2. The maximum Gasteiger partial charge on any atom is 0.253 e. The number of rotatable bonds is 6. The predicted octanol–water partition coefficient (Wildman–Crippen LogP) is 2.84. The van der Waals surface area contributed by atoms with E-state index in [0.717, 1.165) is 29.7 Å². The molecule has 7 nitrogen and oxygen atoms in total. The van der Waals surface area contributed by atoms with Crippen LogP contribution in [0.4, 0.5) is 0 Å². The van der Waals surface area contributed by atoms with Crippen molar-refractivity contribution in [1.82, 2.24) is 20.2 Å². The number of para-hydroxylation sites is 1. The molecule has 0 bridgehead atoms. The monoisotopic (exact) mass is 332 g/mol. The standard InChI is InChI=1S/C17H24N4O3/c1-5-6-10-17(23-15-12(2)8-7-9-13(15)3)14(11-22-24-17)16-18-20-21(4)19-16/h7-9,14H,5-6,10-11H2,1-4H3. The van der Waals surface area contributed by atoms with E-state index in [-0.39, 0.29) is 5.92 Å². The quantitative estimate of drug-likeness (QED) is 0.758. The average Bonchev–Trinajstić information content (AvgIpc) is 3.16. The van der Waals surface area contributed by atoms with E-state index in [0.29, 0.717) is 18.9 Å². The van der Waals surface area contributed by atoms with Crippen molar-refractivity contribution in [2.45, 2.75) is 51.7 Å². The number of unbranched alkanes of at least 4 members (excludes halogenated alkanes) is 1. The molecule has 1 aromatic heterocycles. The van der Waals surface area contributed by atoms with Crippen LogP contribution in [0.5, 0.6) is 5.75 Å². The summed E-state index contributed by atoms with van der Waals surface area (Å²) in [5.41, 5.74) is 2.12. The smallest absolute Gasteiger partial charge is 0.253 e. The van der Waals surface area contributed by atoms with E-state index in [1.165, 1.54) is 4.80 Å². The maximum atomic E-state index is 6.44. The molecule has 1 saturated heterocycles. The number of aryl methyl sites for hydroxylation is 3. The number of tetrazole rings is 1. The van der Waals surface area contributed by atoms with Crippen LogP contribution in [-0.4, -0.2) is 32.6 Å². The first-order valence-electron chi connectivity index (χ1n) is 8.35. The van der Waals surface area contributed by atoms with Gasteiger partial charge in [-0.2, -0.15) is 9.68 Å². The van der Waals surface area contributed by atoms with Crippen molar-refractivity contribution in [2.75, 3.05) is 6.61 Å². The van der Waals surface area contributed by atoms with Crippen molar-refractivity contribution in [2.24, 2.45) is 7.05 Å². The van der Waals surface area contributed by atoms with Gasteiger partial charge >= 0.3 is 0 Å². The number of hydrogen-bond donors (Lipinski definition) is 0. The highest BCUT2D eigenvalue weighted by Gasteiger charge is 2.52. The SMILES string of the molecule is CCCCC1(Oc2c(C)cccc2C)OOCC1c1nnn(C)n1. The number of aromatic nitrogens is 4. The molecule has 2 aromatic rings. The van der Waals surface area contributed by atoms with E-state index < -0.39 is 5.79 Å². The minimum Gasteiger partial charge on any atom is -0.458 e. The summed E-state index contributed by atoms with van der Waals surface area (Å²) in [5, 5.41) is 12.4. The highest BCUT2D eigenvalue weighted by molar-refractivity contribution is 5.40. The summed E-state index contributed by atoms with van der Waals surface area (Å²) in [6, 6.07) is 6.08. The molecular formula is C17H24N4O3. The van der Waals surface area contributed by atoms with E-state index >= 15 is 0 Å². The van der Waals surface area contributed by atoms with E-state index in [2.05, 4.69) is 22.3 Å². The first-order chi connectivity index (χ1) is 11.6. The maximum absolute atomic E-state index is 6.44. The second-order valence-electron chi connectivity index (χ2n) is 6.30. The van der Waals surface area contributed by atoms with Crippen LogP contribution >= 0.6 is 0 Å². The Bertz CT molecular complexity index is 683. The van der Waals surface area contributed by atoms with Crippen molar-refractivity contribution in [1.29, 1.82) is 0 Å². The lowest BCUT2D eigenvalue weighted by Gasteiger charge is -2.32. The number of ether oxygens (including phenoxy) is 1. The van der Waals surface area contributed by atoms with Gasteiger partial charge in [-0.25, -0.2) is 4.89 Å². The van der Waals surface area contributed by atoms with Gasteiger partial charge in [-0.15, -0.1) is 10.2 Å². The molecule has 1 aromatic carbocycles. The fourth-order valence-electron chi connectivity index (χ4n) is 3.01. The Hall–Kier alpha value is -1.99. The topological polar surface area (TPSA) is 71.3 Å². The molecule has 2 atom stereocenters. The van der Waals surface area contributed by atoms with Gasteiger partial charge in [0, 0.05) is 6.42 Å². The lowest BCUT2D eigenvalue weighted by atomic mass is 9.93. The Morgan fingerprint density at radius 2 is 2.08 bits per heavy atom. The molecule has 0 radical (unpaired) electrons. The fraction of sp³-hybridized carbons (Fsp3) is 0.588. The number of benzene rings is 1. The van der Waals surface area contributed by atoms with Gasteiger partial charge in [0.2, 0.25) is 0 Å². The third kappa shape index (κ3) is 3.14. The van der Waals surface area contributed by atoms with Crippen LogP contribution in [-0.2, 0) is 16.8 Å². The normalized spacial score (nSPS) is 23.6. The van der Waals surface area contributed by atoms with Crippen LogP contribution in [0, 0.1) is 13.8 Å². The van der Waals surface area contributed by atoms with Crippen molar-refractivity contribution in [3.05, 3.63) is 35.2 Å². The zero-order valence-corrected chi connectivity index (χ0v) is 14.7. The lowest BCUT2D eigenvalue weighted by molar-refractivity contribution is -0.361. The Balaban J connectivity index is 1.97. The summed E-state index contributed by atoms with van der Waals surface area (Å²) in [4.78, 5) is 12.5. The Morgan fingerprint density at radius 1 is 1.33 bits per heavy atom. The van der Waals surface area contributed by atoms with E-state index in [9.17, 15) is 0 Å². The van der Waals surface area contributed by atoms with Crippen molar-refractivity contribution in [3.63, 3.8) is 0 Å². The second-order valence-corrected chi connectivity index (χ2v) is 6.30. The summed E-state index contributed by atoms with van der Waals surface area (Å²) in [5.74, 6) is 0.248.